The molecule has 0 radical (unpaired) electrons. The molecule has 1 aromatic rings. The molecule has 2 saturated carbocycles. The molecule has 2 aliphatic carbocycles. The highest BCUT2D eigenvalue weighted by atomic mass is 16.5. The van der Waals surface area contributed by atoms with Gasteiger partial charge in [0, 0.05) is 12.1 Å². The monoisotopic (exact) mass is 439 g/mol. The van der Waals surface area contributed by atoms with Crippen LogP contribution in [0.2, 0.25) is 0 Å². The van der Waals surface area contributed by atoms with E-state index < -0.39 is 59.4 Å². The lowest BCUT2D eigenvalue weighted by molar-refractivity contribution is -0.143. The van der Waals surface area contributed by atoms with Crippen molar-refractivity contribution in [2.45, 2.75) is 76.2 Å². The van der Waals surface area contributed by atoms with Gasteiger partial charge in [-0.15, -0.1) is 0 Å². The predicted octanol–water partition coefficient (Wildman–Crippen LogP) is 0.0772. The van der Waals surface area contributed by atoms with Crippen LogP contribution in [0.15, 0.2) is 9.59 Å². The second kappa shape index (κ2) is 9.65. The highest BCUT2D eigenvalue weighted by Crippen LogP contribution is 2.33. The van der Waals surface area contributed by atoms with Crippen LogP contribution in [0.3, 0.4) is 0 Å². The number of hydrogen-bond donors (Lipinski definition) is 5. The van der Waals surface area contributed by atoms with Crippen molar-refractivity contribution in [1.29, 1.82) is 0 Å². The first-order valence-electron chi connectivity index (χ1n) is 10.7. The van der Waals surface area contributed by atoms with Gasteiger partial charge in [-0.2, -0.15) is 0 Å². The number of carbonyl (C=O) groups excluding carboxylic acids is 1. The van der Waals surface area contributed by atoms with Crippen LogP contribution >= 0.6 is 0 Å². The average Bonchev–Trinajstić information content (AvgIpc) is 2.73. The van der Waals surface area contributed by atoms with Crippen LogP contribution in [0.4, 0.5) is 0 Å². The molecule has 0 saturated heterocycles. The summed E-state index contributed by atoms with van der Waals surface area (Å²) in [7, 11) is 0. The molecule has 1 amide bonds. The van der Waals surface area contributed by atoms with Gasteiger partial charge in [0.2, 0.25) is 5.88 Å². The number of carbonyl (C=O) groups is 2. The third-order valence-electron chi connectivity index (χ3n) is 6.32. The van der Waals surface area contributed by atoms with Gasteiger partial charge in [0.15, 0.2) is 11.9 Å². The summed E-state index contributed by atoms with van der Waals surface area (Å²) in [4.78, 5) is 50.3. The maximum Gasteiger partial charge on any atom is 0.334 e. The molecule has 0 aromatic carbocycles. The third kappa shape index (κ3) is 4.82. The zero-order valence-corrected chi connectivity index (χ0v) is 17.2. The van der Waals surface area contributed by atoms with Crippen molar-refractivity contribution >= 4 is 11.9 Å². The molecule has 0 spiro atoms. The maximum atomic E-state index is 13.3. The fourth-order valence-electron chi connectivity index (χ4n) is 4.67. The van der Waals surface area contributed by atoms with Crippen molar-refractivity contribution in [2.75, 3.05) is 6.54 Å². The number of aromatic nitrogens is 2. The molecule has 0 unspecified atom stereocenters. The topological polar surface area (TPSA) is 171 Å². The van der Waals surface area contributed by atoms with E-state index in [1.807, 2.05) is 0 Å². The van der Waals surface area contributed by atoms with E-state index in [0.29, 0.717) is 25.7 Å². The summed E-state index contributed by atoms with van der Waals surface area (Å²) in [5, 5.41) is 40.2. The molecule has 11 heteroatoms. The van der Waals surface area contributed by atoms with Gasteiger partial charge >= 0.3 is 11.7 Å². The van der Waals surface area contributed by atoms with E-state index in [9.17, 15) is 29.4 Å². The Kier molecular flexibility index (Phi) is 7.16. The second-order valence-corrected chi connectivity index (χ2v) is 8.35. The standard InChI is InChI=1S/C20H29N3O8/c24-14(25)10-21-16(26)15-17(27)22(12-4-2-1-3-5-12)20(31)23(18(15)28)13-8-6-11(7-9-13)19(29)30/h11-14,24-25,27H,1-10H2,(H,21,26)(H,29,30). The number of hydrogen-bond acceptors (Lipinski definition) is 7. The SMILES string of the molecule is O=C(NCC(O)O)c1c(O)n(C2CCCCC2)c(=O)n(C2CCC(C(=O)O)CC2)c1=O. The van der Waals surface area contributed by atoms with E-state index >= 15 is 0 Å². The summed E-state index contributed by atoms with van der Waals surface area (Å²) in [6.45, 7) is -0.552. The third-order valence-corrected chi connectivity index (χ3v) is 6.32. The second-order valence-electron chi connectivity index (χ2n) is 8.35. The Morgan fingerprint density at radius 3 is 2.06 bits per heavy atom. The number of aromatic hydroxyl groups is 1. The average molecular weight is 439 g/mol. The van der Waals surface area contributed by atoms with E-state index in [2.05, 4.69) is 5.32 Å². The Morgan fingerprint density at radius 1 is 0.935 bits per heavy atom. The number of amides is 1. The van der Waals surface area contributed by atoms with Crippen LogP contribution in [0.25, 0.3) is 0 Å². The Balaban J connectivity index is 2.07. The number of nitrogens with one attached hydrogen (secondary N) is 1. The summed E-state index contributed by atoms with van der Waals surface area (Å²) in [6.07, 6.45) is 3.26. The fourth-order valence-corrected chi connectivity index (χ4v) is 4.67. The first-order valence-corrected chi connectivity index (χ1v) is 10.7. The number of rotatable bonds is 6. The molecule has 3 rings (SSSR count). The summed E-state index contributed by atoms with van der Waals surface area (Å²) in [6, 6.07) is -0.945. The van der Waals surface area contributed by atoms with Crippen LogP contribution in [0.1, 0.15) is 80.2 Å². The molecule has 2 fully saturated rings. The number of nitrogens with zero attached hydrogens (tertiary/aromatic N) is 2. The van der Waals surface area contributed by atoms with Crippen LogP contribution in [-0.2, 0) is 4.79 Å². The highest BCUT2D eigenvalue weighted by molar-refractivity contribution is 5.95. The van der Waals surface area contributed by atoms with E-state index in [1.54, 1.807) is 0 Å². The van der Waals surface area contributed by atoms with Crippen molar-refractivity contribution in [3.8, 4) is 5.88 Å². The lowest BCUT2D eigenvalue weighted by Crippen LogP contribution is -2.48. The largest absolute Gasteiger partial charge is 0.494 e. The summed E-state index contributed by atoms with van der Waals surface area (Å²) < 4.78 is 2.07. The minimum atomic E-state index is -1.84. The Hall–Kier alpha value is -2.66. The lowest BCUT2D eigenvalue weighted by Gasteiger charge is -2.30. The van der Waals surface area contributed by atoms with Crippen LogP contribution in [0.5, 0.6) is 5.88 Å². The summed E-state index contributed by atoms with van der Waals surface area (Å²) in [5.74, 6) is -3.19. The number of carboxylic acids is 1. The van der Waals surface area contributed by atoms with E-state index in [-0.39, 0.29) is 18.9 Å². The molecular formula is C20H29N3O8. The number of carboxylic acid groups (broad SMARTS) is 1. The Labute approximate surface area is 177 Å². The lowest BCUT2D eigenvalue weighted by atomic mass is 9.86. The first-order chi connectivity index (χ1) is 14.7. The zero-order chi connectivity index (χ0) is 22.7. The zero-order valence-electron chi connectivity index (χ0n) is 17.2. The molecule has 1 aromatic heterocycles. The van der Waals surface area contributed by atoms with Gasteiger partial charge in [0.25, 0.3) is 11.5 Å². The van der Waals surface area contributed by atoms with Crippen molar-refractivity contribution in [2.24, 2.45) is 5.92 Å². The van der Waals surface area contributed by atoms with E-state index in [1.165, 1.54) is 0 Å². The first kappa shape index (κ1) is 23.0. The van der Waals surface area contributed by atoms with Gasteiger partial charge in [-0.25, -0.2) is 4.79 Å². The molecule has 31 heavy (non-hydrogen) atoms. The normalized spacial score (nSPS) is 22.4. The van der Waals surface area contributed by atoms with Gasteiger partial charge in [-0.3, -0.25) is 23.5 Å². The molecule has 0 atom stereocenters. The molecule has 5 N–H and O–H groups in total. The van der Waals surface area contributed by atoms with Crippen molar-refractivity contribution in [1.82, 2.24) is 14.5 Å². The number of aliphatic carboxylic acids is 1. The fraction of sp³-hybridized carbons (Fsp3) is 0.700. The van der Waals surface area contributed by atoms with Gasteiger partial charge in [-0.1, -0.05) is 19.3 Å². The molecule has 172 valence electrons. The van der Waals surface area contributed by atoms with Crippen LogP contribution < -0.4 is 16.6 Å². The molecule has 0 aliphatic heterocycles. The minimum absolute atomic E-state index is 0.290. The maximum absolute atomic E-state index is 13.3. The molecule has 2 aliphatic rings. The molecule has 0 bridgehead atoms. The van der Waals surface area contributed by atoms with Gasteiger partial charge in [-0.05, 0) is 38.5 Å². The Morgan fingerprint density at radius 2 is 1.52 bits per heavy atom. The molecule has 1 heterocycles. The summed E-state index contributed by atoms with van der Waals surface area (Å²) in [5.41, 5.74) is -2.28. The van der Waals surface area contributed by atoms with Crippen LogP contribution in [-0.4, -0.2) is 54.3 Å². The van der Waals surface area contributed by atoms with Gasteiger partial charge in [0.05, 0.1) is 12.5 Å². The molecular weight excluding hydrogens is 410 g/mol. The minimum Gasteiger partial charge on any atom is -0.494 e. The smallest absolute Gasteiger partial charge is 0.334 e. The Bertz CT molecular complexity index is 937. The van der Waals surface area contributed by atoms with Crippen molar-refractivity contribution in [3.05, 3.63) is 26.4 Å². The van der Waals surface area contributed by atoms with Crippen LogP contribution in [0, 0.1) is 5.92 Å². The quantitative estimate of drug-likeness (QED) is 0.388. The predicted molar refractivity (Wildman–Crippen MR) is 108 cm³/mol. The number of aliphatic hydroxyl groups excluding tert-OH is 1. The van der Waals surface area contributed by atoms with Crippen molar-refractivity contribution in [3.63, 3.8) is 0 Å². The van der Waals surface area contributed by atoms with Crippen molar-refractivity contribution < 1.29 is 30.0 Å². The van der Waals surface area contributed by atoms with E-state index in [4.69, 9.17) is 10.2 Å². The van der Waals surface area contributed by atoms with Gasteiger partial charge < -0.3 is 25.7 Å². The van der Waals surface area contributed by atoms with Gasteiger partial charge in [0.1, 0.15) is 0 Å². The number of aliphatic hydroxyl groups is 2. The highest BCUT2D eigenvalue weighted by Gasteiger charge is 2.33. The van der Waals surface area contributed by atoms with E-state index in [0.717, 1.165) is 28.4 Å². The summed E-state index contributed by atoms with van der Waals surface area (Å²) >= 11 is 0. The molecule has 11 nitrogen and oxygen atoms in total.